The number of rotatable bonds is 0. The molecule has 0 amide bonds. The van der Waals surface area contributed by atoms with Gasteiger partial charge in [0.2, 0.25) is 0 Å². The van der Waals surface area contributed by atoms with E-state index in [4.69, 9.17) is 9.47 Å². The highest BCUT2D eigenvalue weighted by molar-refractivity contribution is 6.98. The normalized spacial score (nSPS) is 16.7. The molecule has 9 rings (SSSR count). The molecule has 2 aliphatic heterocycles. The monoisotopic (exact) mass is 532 g/mol. The van der Waals surface area contributed by atoms with Crippen molar-refractivity contribution in [3.05, 3.63) is 101 Å². The van der Waals surface area contributed by atoms with E-state index in [2.05, 4.69) is 107 Å². The molecule has 4 aliphatic rings. The van der Waals surface area contributed by atoms with Crippen LogP contribution in [0.1, 0.15) is 68.9 Å². The molecule has 0 saturated heterocycles. The minimum atomic E-state index is -0.0543. The van der Waals surface area contributed by atoms with Crippen LogP contribution in [0.3, 0.4) is 0 Å². The van der Waals surface area contributed by atoms with E-state index < -0.39 is 0 Å². The summed E-state index contributed by atoms with van der Waals surface area (Å²) >= 11 is 0. The summed E-state index contributed by atoms with van der Waals surface area (Å²) in [6.07, 6.45) is 3.63. The van der Waals surface area contributed by atoms with Gasteiger partial charge in [-0.15, -0.1) is 0 Å². The molecule has 2 nitrogen and oxygen atoms in total. The largest absolute Gasteiger partial charge is 0.458 e. The number of hydrogen-bond donors (Lipinski definition) is 0. The van der Waals surface area contributed by atoms with Crippen molar-refractivity contribution in [1.29, 1.82) is 0 Å². The van der Waals surface area contributed by atoms with Gasteiger partial charge in [-0.25, -0.2) is 0 Å². The highest BCUT2D eigenvalue weighted by atomic mass is 16.5. The second-order valence-electron chi connectivity index (χ2n) is 14.0. The summed E-state index contributed by atoms with van der Waals surface area (Å²) in [4.78, 5) is 0. The predicted octanol–water partition coefficient (Wildman–Crippen LogP) is 7.66. The minimum absolute atomic E-state index is 0.0362. The van der Waals surface area contributed by atoms with Crippen molar-refractivity contribution in [1.82, 2.24) is 0 Å². The number of benzene rings is 5. The van der Waals surface area contributed by atoms with Crippen LogP contribution in [-0.4, -0.2) is 6.71 Å². The van der Waals surface area contributed by atoms with Crippen LogP contribution in [0, 0.1) is 0 Å². The Morgan fingerprint density at radius 3 is 2.29 bits per heavy atom. The first kappa shape index (κ1) is 23.7. The zero-order valence-electron chi connectivity index (χ0n) is 24.4. The van der Waals surface area contributed by atoms with Crippen LogP contribution >= 0.6 is 0 Å². The van der Waals surface area contributed by atoms with E-state index >= 15 is 0 Å². The quantitative estimate of drug-likeness (QED) is 0.187. The minimum Gasteiger partial charge on any atom is -0.458 e. The molecule has 41 heavy (non-hydrogen) atoms. The van der Waals surface area contributed by atoms with Crippen LogP contribution in [0.25, 0.3) is 21.9 Å². The molecular formula is C38H33BO2. The van der Waals surface area contributed by atoms with E-state index in [0.717, 1.165) is 28.5 Å². The third-order valence-electron chi connectivity index (χ3n) is 10.2. The fourth-order valence-corrected chi connectivity index (χ4v) is 8.19. The summed E-state index contributed by atoms with van der Waals surface area (Å²) in [6.45, 7) is 11.7. The number of fused-ring (bicyclic) bond motifs is 11. The summed E-state index contributed by atoms with van der Waals surface area (Å²) in [7, 11) is 0. The van der Waals surface area contributed by atoms with Gasteiger partial charge < -0.3 is 9.47 Å². The molecule has 0 radical (unpaired) electrons. The first-order chi connectivity index (χ1) is 19.7. The van der Waals surface area contributed by atoms with Crippen LogP contribution in [0.4, 0.5) is 0 Å². The fraction of sp³-hybridized carbons (Fsp3) is 0.263. The Morgan fingerprint density at radius 2 is 1.51 bits per heavy atom. The average molecular weight is 532 g/mol. The Kier molecular flexibility index (Phi) is 4.42. The summed E-state index contributed by atoms with van der Waals surface area (Å²) in [6, 6.07) is 27.2. The van der Waals surface area contributed by atoms with Crippen LogP contribution < -0.4 is 25.9 Å². The van der Waals surface area contributed by atoms with Gasteiger partial charge in [0.05, 0.1) is 0 Å². The topological polar surface area (TPSA) is 18.5 Å². The van der Waals surface area contributed by atoms with Gasteiger partial charge >= 0.3 is 0 Å². The Morgan fingerprint density at radius 1 is 0.756 bits per heavy atom. The second kappa shape index (κ2) is 7.65. The molecule has 0 atom stereocenters. The number of hydrogen-bond acceptors (Lipinski definition) is 2. The van der Waals surface area contributed by atoms with Crippen LogP contribution in [0.15, 0.2) is 72.8 Å². The lowest BCUT2D eigenvalue weighted by Gasteiger charge is -2.36. The van der Waals surface area contributed by atoms with Crippen LogP contribution in [-0.2, 0) is 23.7 Å². The van der Waals surface area contributed by atoms with Crippen LogP contribution in [0.5, 0.6) is 23.0 Å². The molecule has 0 fully saturated rings. The maximum absolute atomic E-state index is 7.10. The SMILES string of the molecule is CC(C)(C)c1cc2c3c(c1)Oc1c(ccc4c1-c1ccc5c(c1C4(C)C)CCC5)B3c1cc3ccccc3cc1O2. The third kappa shape index (κ3) is 3.05. The zero-order chi connectivity index (χ0) is 27.8. The van der Waals surface area contributed by atoms with Crippen molar-refractivity contribution in [2.45, 2.75) is 64.7 Å². The van der Waals surface area contributed by atoms with Crippen LogP contribution in [0.2, 0.25) is 0 Å². The Balaban J connectivity index is 1.36. The van der Waals surface area contributed by atoms with Crippen molar-refractivity contribution in [3.8, 4) is 34.1 Å². The smallest absolute Gasteiger partial charge is 0.260 e. The van der Waals surface area contributed by atoms with E-state index in [1.807, 2.05) is 0 Å². The van der Waals surface area contributed by atoms with Crippen molar-refractivity contribution < 1.29 is 9.47 Å². The third-order valence-corrected chi connectivity index (χ3v) is 10.2. The van der Waals surface area contributed by atoms with E-state index in [0.29, 0.717) is 0 Å². The average Bonchev–Trinajstić information content (AvgIpc) is 3.51. The highest BCUT2D eigenvalue weighted by Gasteiger charge is 2.46. The molecule has 0 spiro atoms. The molecule has 0 aromatic heterocycles. The van der Waals surface area contributed by atoms with Gasteiger partial charge in [-0.3, -0.25) is 0 Å². The molecule has 0 N–H and O–H groups in total. The number of aryl methyl sites for hydroxylation is 1. The zero-order valence-corrected chi connectivity index (χ0v) is 24.4. The number of ether oxygens (including phenoxy) is 2. The lowest BCUT2D eigenvalue weighted by molar-refractivity contribution is 0.459. The summed E-state index contributed by atoms with van der Waals surface area (Å²) in [5.41, 5.74) is 13.4. The summed E-state index contributed by atoms with van der Waals surface area (Å²) in [5, 5.41) is 2.44. The molecule has 200 valence electrons. The fourth-order valence-electron chi connectivity index (χ4n) is 8.19. The Labute approximate surface area is 242 Å². The van der Waals surface area contributed by atoms with Gasteiger partial charge in [0.25, 0.3) is 6.71 Å². The van der Waals surface area contributed by atoms with E-state index in [-0.39, 0.29) is 17.5 Å². The van der Waals surface area contributed by atoms with Gasteiger partial charge in [-0.05, 0) is 98.0 Å². The molecule has 2 aliphatic carbocycles. The maximum Gasteiger partial charge on any atom is 0.260 e. The predicted molar refractivity (Wildman–Crippen MR) is 170 cm³/mol. The highest BCUT2D eigenvalue weighted by Crippen LogP contribution is 2.55. The van der Waals surface area contributed by atoms with Gasteiger partial charge in [-0.2, -0.15) is 0 Å². The first-order valence-corrected chi connectivity index (χ1v) is 15.1. The molecule has 0 saturated carbocycles. The van der Waals surface area contributed by atoms with E-state index in [1.165, 1.54) is 74.3 Å². The molecule has 5 aromatic carbocycles. The molecular weight excluding hydrogens is 499 g/mol. The second-order valence-corrected chi connectivity index (χ2v) is 14.0. The molecule has 0 unspecified atom stereocenters. The lowest BCUT2D eigenvalue weighted by atomic mass is 9.34. The standard InChI is InChI=1S/C38H33BO2/c1-37(2,3)24-19-31-35-32(20-24)41-36-28(39(35)29-17-22-9-6-7-10-23(22)18-30(29)40-31)16-15-27-33(36)26-14-13-21-11-8-12-25(21)34(26)38(27,4)5/h6-7,9-10,13-20H,8,11-12H2,1-5H3. The molecule has 5 aromatic rings. The van der Waals surface area contributed by atoms with Gasteiger partial charge in [0.1, 0.15) is 23.0 Å². The van der Waals surface area contributed by atoms with Gasteiger partial charge in [0.15, 0.2) is 0 Å². The van der Waals surface area contributed by atoms with Crippen molar-refractivity contribution >= 4 is 33.9 Å². The Hall–Kier alpha value is -3.98. The molecule has 0 bridgehead atoms. The van der Waals surface area contributed by atoms with Gasteiger partial charge in [-0.1, -0.05) is 89.2 Å². The Bertz CT molecular complexity index is 1990. The molecule has 3 heteroatoms. The molecule has 2 heterocycles. The first-order valence-electron chi connectivity index (χ1n) is 15.1. The summed E-state index contributed by atoms with van der Waals surface area (Å²) < 4.78 is 13.8. The maximum atomic E-state index is 7.10. The van der Waals surface area contributed by atoms with Crippen molar-refractivity contribution in [2.75, 3.05) is 0 Å². The van der Waals surface area contributed by atoms with E-state index in [9.17, 15) is 0 Å². The van der Waals surface area contributed by atoms with Gasteiger partial charge in [0, 0.05) is 16.4 Å². The van der Waals surface area contributed by atoms with Crippen molar-refractivity contribution in [2.24, 2.45) is 0 Å². The lowest BCUT2D eigenvalue weighted by Crippen LogP contribution is -2.57. The summed E-state index contributed by atoms with van der Waals surface area (Å²) in [5.74, 6) is 3.84. The van der Waals surface area contributed by atoms with E-state index in [1.54, 1.807) is 5.56 Å². The van der Waals surface area contributed by atoms with Crippen molar-refractivity contribution in [3.63, 3.8) is 0 Å².